The number of rotatable bonds is 7. The van der Waals surface area contributed by atoms with Crippen molar-refractivity contribution >= 4 is 17.7 Å². The first-order chi connectivity index (χ1) is 12.7. The Balaban J connectivity index is 1.51. The summed E-state index contributed by atoms with van der Waals surface area (Å²) in [6.45, 7) is -0.139. The van der Waals surface area contributed by atoms with Crippen LogP contribution in [0.1, 0.15) is 5.89 Å². The minimum Gasteiger partial charge on any atom is -0.497 e. The van der Waals surface area contributed by atoms with Gasteiger partial charge in [-0.3, -0.25) is 4.79 Å². The Labute approximate surface area is 153 Å². The number of carbonyl (C=O) groups is 1. The molecule has 0 saturated heterocycles. The number of esters is 1. The Kier molecular flexibility index (Phi) is 5.85. The number of carbonyl (C=O) groups excluding carboxylic acids is 1. The molecule has 0 fully saturated rings. The molecule has 0 unspecified atom stereocenters. The largest absolute Gasteiger partial charge is 0.497 e. The third kappa shape index (κ3) is 4.60. The molecular weight excluding hydrogens is 359 g/mol. The van der Waals surface area contributed by atoms with E-state index in [1.807, 2.05) is 0 Å². The molecule has 1 heterocycles. The number of aromatic nitrogens is 2. The summed E-state index contributed by atoms with van der Waals surface area (Å²) in [7, 11) is 1.58. The molecule has 0 aliphatic carbocycles. The van der Waals surface area contributed by atoms with Gasteiger partial charge in [-0.15, -0.1) is 11.8 Å². The van der Waals surface area contributed by atoms with Gasteiger partial charge in [0.2, 0.25) is 5.82 Å². The highest BCUT2D eigenvalue weighted by Crippen LogP contribution is 2.22. The van der Waals surface area contributed by atoms with Gasteiger partial charge in [-0.05, 0) is 36.4 Å². The fraction of sp³-hybridized carbons (Fsp3) is 0.167. The lowest BCUT2D eigenvalue weighted by atomic mass is 10.2. The lowest BCUT2D eigenvalue weighted by molar-refractivity contribution is -0.142. The second-order valence-electron chi connectivity index (χ2n) is 5.12. The average molecular weight is 374 g/mol. The summed E-state index contributed by atoms with van der Waals surface area (Å²) in [6.07, 6.45) is 0. The van der Waals surface area contributed by atoms with Gasteiger partial charge in [0.25, 0.3) is 5.89 Å². The molecule has 0 saturated carbocycles. The molecule has 134 valence electrons. The summed E-state index contributed by atoms with van der Waals surface area (Å²) >= 11 is 1.07. The second-order valence-corrected chi connectivity index (χ2v) is 6.14. The van der Waals surface area contributed by atoms with E-state index in [-0.39, 0.29) is 24.1 Å². The van der Waals surface area contributed by atoms with Crippen LogP contribution in [0.15, 0.2) is 57.9 Å². The molecule has 3 rings (SSSR count). The maximum atomic E-state index is 13.5. The number of ether oxygens (including phenoxy) is 2. The SMILES string of the molecule is COc1ccc(-c2noc(COC(=O)CSc3ccccc3F)n2)cc1. The van der Waals surface area contributed by atoms with Gasteiger partial charge >= 0.3 is 5.97 Å². The lowest BCUT2D eigenvalue weighted by Crippen LogP contribution is -2.07. The standard InChI is InChI=1S/C18H15FN2O4S/c1-23-13-8-6-12(7-9-13)18-20-16(25-21-18)10-24-17(22)11-26-15-5-3-2-4-14(15)19/h2-9H,10-11H2,1H3. The normalized spacial score (nSPS) is 10.5. The zero-order valence-electron chi connectivity index (χ0n) is 13.8. The van der Waals surface area contributed by atoms with E-state index >= 15 is 0 Å². The maximum absolute atomic E-state index is 13.5. The molecule has 0 aliphatic rings. The minimum absolute atomic E-state index is 0.0135. The monoisotopic (exact) mass is 374 g/mol. The molecule has 0 spiro atoms. The predicted molar refractivity (Wildman–Crippen MR) is 93.2 cm³/mol. The molecule has 0 amide bonds. The summed E-state index contributed by atoms with van der Waals surface area (Å²) in [6, 6.07) is 13.4. The molecule has 26 heavy (non-hydrogen) atoms. The van der Waals surface area contributed by atoms with E-state index in [0.29, 0.717) is 10.7 Å². The summed E-state index contributed by atoms with van der Waals surface area (Å²) in [4.78, 5) is 16.3. The van der Waals surface area contributed by atoms with E-state index in [9.17, 15) is 9.18 Å². The molecule has 0 aliphatic heterocycles. The van der Waals surface area contributed by atoms with Crippen LogP contribution in [-0.2, 0) is 16.1 Å². The second kappa shape index (κ2) is 8.48. The van der Waals surface area contributed by atoms with Gasteiger partial charge in [-0.1, -0.05) is 17.3 Å². The molecule has 0 bridgehead atoms. The molecule has 0 N–H and O–H groups in total. The Hall–Kier alpha value is -2.87. The van der Waals surface area contributed by atoms with E-state index in [2.05, 4.69) is 10.1 Å². The van der Waals surface area contributed by atoms with Crippen molar-refractivity contribution in [1.82, 2.24) is 10.1 Å². The van der Waals surface area contributed by atoms with Crippen molar-refractivity contribution in [2.75, 3.05) is 12.9 Å². The predicted octanol–water partition coefficient (Wildman–Crippen LogP) is 3.72. The number of hydrogen-bond donors (Lipinski definition) is 0. The quantitative estimate of drug-likeness (QED) is 0.461. The van der Waals surface area contributed by atoms with Crippen molar-refractivity contribution in [2.24, 2.45) is 0 Å². The van der Waals surface area contributed by atoms with Crippen molar-refractivity contribution in [1.29, 1.82) is 0 Å². The smallest absolute Gasteiger partial charge is 0.316 e. The molecule has 8 heteroatoms. The van der Waals surface area contributed by atoms with Crippen molar-refractivity contribution in [3.05, 3.63) is 60.2 Å². The fourth-order valence-electron chi connectivity index (χ4n) is 2.05. The van der Waals surface area contributed by atoms with Crippen LogP contribution in [0, 0.1) is 5.82 Å². The van der Waals surface area contributed by atoms with Crippen LogP contribution in [0.5, 0.6) is 5.75 Å². The number of benzene rings is 2. The zero-order valence-corrected chi connectivity index (χ0v) is 14.7. The van der Waals surface area contributed by atoms with E-state index in [1.54, 1.807) is 49.6 Å². The number of hydrogen-bond acceptors (Lipinski definition) is 7. The topological polar surface area (TPSA) is 74.5 Å². The van der Waals surface area contributed by atoms with Gasteiger partial charge in [-0.2, -0.15) is 4.98 Å². The Morgan fingerprint density at radius 3 is 2.69 bits per heavy atom. The molecule has 2 aromatic carbocycles. The first kappa shape index (κ1) is 17.9. The van der Waals surface area contributed by atoms with Gasteiger partial charge in [0.15, 0.2) is 6.61 Å². The molecular formula is C18H15FN2O4S. The molecule has 0 radical (unpaired) electrons. The van der Waals surface area contributed by atoms with Crippen LogP contribution in [0.25, 0.3) is 11.4 Å². The number of thioether (sulfide) groups is 1. The van der Waals surface area contributed by atoms with Crippen LogP contribution < -0.4 is 4.74 Å². The van der Waals surface area contributed by atoms with E-state index in [1.165, 1.54) is 6.07 Å². The van der Waals surface area contributed by atoms with Crippen LogP contribution in [0.2, 0.25) is 0 Å². The fourth-order valence-corrected chi connectivity index (χ4v) is 2.79. The van der Waals surface area contributed by atoms with Gasteiger partial charge in [-0.25, -0.2) is 4.39 Å². The Morgan fingerprint density at radius 2 is 1.96 bits per heavy atom. The van der Waals surface area contributed by atoms with E-state index in [4.69, 9.17) is 14.0 Å². The molecule has 6 nitrogen and oxygen atoms in total. The first-order valence-corrected chi connectivity index (χ1v) is 8.64. The van der Waals surface area contributed by atoms with Gasteiger partial charge in [0.05, 0.1) is 12.9 Å². The lowest BCUT2D eigenvalue weighted by Gasteiger charge is -2.03. The highest BCUT2D eigenvalue weighted by molar-refractivity contribution is 8.00. The van der Waals surface area contributed by atoms with Crippen LogP contribution >= 0.6 is 11.8 Å². The highest BCUT2D eigenvalue weighted by Gasteiger charge is 2.12. The third-order valence-corrected chi connectivity index (χ3v) is 4.38. The Morgan fingerprint density at radius 1 is 1.19 bits per heavy atom. The zero-order chi connectivity index (χ0) is 18.4. The van der Waals surface area contributed by atoms with Crippen molar-refractivity contribution < 1.29 is 23.2 Å². The summed E-state index contributed by atoms with van der Waals surface area (Å²) in [5, 5.41) is 3.85. The summed E-state index contributed by atoms with van der Waals surface area (Å²) in [5.41, 5.74) is 0.752. The van der Waals surface area contributed by atoms with Gasteiger partial charge in [0.1, 0.15) is 11.6 Å². The van der Waals surface area contributed by atoms with Crippen LogP contribution in [0.3, 0.4) is 0 Å². The summed E-state index contributed by atoms with van der Waals surface area (Å²) in [5.74, 6) is 0.410. The highest BCUT2D eigenvalue weighted by atomic mass is 32.2. The minimum atomic E-state index is -0.498. The van der Waals surface area contributed by atoms with Gasteiger partial charge < -0.3 is 14.0 Å². The van der Waals surface area contributed by atoms with E-state index < -0.39 is 5.97 Å². The number of halogens is 1. The number of methoxy groups -OCH3 is 1. The summed E-state index contributed by atoms with van der Waals surface area (Å²) < 4.78 is 28.7. The molecule has 0 atom stereocenters. The van der Waals surface area contributed by atoms with Crippen LogP contribution in [0.4, 0.5) is 4.39 Å². The molecule has 1 aromatic heterocycles. The van der Waals surface area contributed by atoms with Crippen molar-refractivity contribution in [3.63, 3.8) is 0 Å². The Bertz CT molecular complexity index is 883. The van der Waals surface area contributed by atoms with E-state index in [0.717, 1.165) is 23.1 Å². The van der Waals surface area contributed by atoms with Crippen molar-refractivity contribution in [2.45, 2.75) is 11.5 Å². The maximum Gasteiger partial charge on any atom is 0.316 e. The van der Waals surface area contributed by atoms with Crippen LogP contribution in [-0.4, -0.2) is 29.0 Å². The molecule has 3 aromatic rings. The number of nitrogens with zero attached hydrogens (tertiary/aromatic N) is 2. The van der Waals surface area contributed by atoms with Crippen molar-refractivity contribution in [3.8, 4) is 17.1 Å². The average Bonchev–Trinajstić information content (AvgIpc) is 3.15. The first-order valence-electron chi connectivity index (χ1n) is 7.65. The van der Waals surface area contributed by atoms with Gasteiger partial charge in [0, 0.05) is 10.5 Å². The third-order valence-electron chi connectivity index (χ3n) is 3.36.